The number of benzene rings is 1. The molecule has 4 nitrogen and oxygen atoms in total. The van der Waals surface area contributed by atoms with Crippen molar-refractivity contribution in [2.45, 2.75) is 26.7 Å². The van der Waals surface area contributed by atoms with Crippen molar-refractivity contribution in [1.82, 2.24) is 0 Å². The van der Waals surface area contributed by atoms with Gasteiger partial charge in [-0.1, -0.05) is 13.3 Å². The summed E-state index contributed by atoms with van der Waals surface area (Å²) in [7, 11) is 0. The van der Waals surface area contributed by atoms with Gasteiger partial charge in [-0.15, -0.1) is 0 Å². The topological polar surface area (TPSA) is 61.5 Å². The van der Waals surface area contributed by atoms with E-state index in [1.807, 2.05) is 13.0 Å². The number of nitrogen functional groups attached to an aromatic ring is 1. The van der Waals surface area contributed by atoms with Crippen LogP contribution in [-0.2, 0) is 9.47 Å². The van der Waals surface area contributed by atoms with Gasteiger partial charge in [-0.05, 0) is 37.1 Å². The largest absolute Gasteiger partial charge is 0.460 e. The number of aryl methyl sites for hydroxylation is 1. The number of nitrogens with two attached hydrogens (primary N) is 1. The average Bonchev–Trinajstić information content (AvgIpc) is 2.32. The molecular weight excluding hydrogens is 230 g/mol. The minimum Gasteiger partial charge on any atom is -0.460 e. The average molecular weight is 251 g/mol. The molecule has 1 rings (SSSR count). The first-order valence-electron chi connectivity index (χ1n) is 6.25. The van der Waals surface area contributed by atoms with Gasteiger partial charge in [-0.2, -0.15) is 0 Å². The minimum atomic E-state index is -0.357. The Hall–Kier alpha value is -1.55. The quantitative estimate of drug-likeness (QED) is 0.459. The molecule has 4 heteroatoms. The summed E-state index contributed by atoms with van der Waals surface area (Å²) in [5, 5.41) is 0. The van der Waals surface area contributed by atoms with Crippen molar-refractivity contribution in [3.8, 4) is 0 Å². The molecule has 0 amide bonds. The van der Waals surface area contributed by atoms with Crippen LogP contribution >= 0.6 is 0 Å². The molecule has 0 aromatic heterocycles. The predicted octanol–water partition coefficient (Wildman–Crippen LogP) is 2.55. The molecule has 1 aromatic carbocycles. The van der Waals surface area contributed by atoms with Gasteiger partial charge in [0.1, 0.15) is 6.61 Å². The van der Waals surface area contributed by atoms with Crippen LogP contribution in [0.15, 0.2) is 18.2 Å². The SMILES string of the molecule is CCCCOCCOC(=O)c1cc(C)cc(N)c1. The highest BCUT2D eigenvalue weighted by Gasteiger charge is 2.08. The molecule has 2 N–H and O–H groups in total. The molecule has 0 heterocycles. The first-order chi connectivity index (χ1) is 8.63. The van der Waals surface area contributed by atoms with E-state index in [4.69, 9.17) is 15.2 Å². The van der Waals surface area contributed by atoms with Gasteiger partial charge in [-0.3, -0.25) is 0 Å². The zero-order valence-electron chi connectivity index (χ0n) is 11.1. The second-order valence-electron chi connectivity index (χ2n) is 4.23. The maximum absolute atomic E-state index is 11.7. The number of unbranched alkanes of at least 4 members (excludes halogenated alkanes) is 1. The highest BCUT2D eigenvalue weighted by Crippen LogP contribution is 2.12. The van der Waals surface area contributed by atoms with Crippen molar-refractivity contribution in [3.63, 3.8) is 0 Å². The third-order valence-electron chi connectivity index (χ3n) is 2.44. The van der Waals surface area contributed by atoms with Gasteiger partial charge in [0.2, 0.25) is 0 Å². The Balaban J connectivity index is 2.32. The Labute approximate surface area is 108 Å². The van der Waals surface area contributed by atoms with Crippen molar-refractivity contribution < 1.29 is 14.3 Å². The lowest BCUT2D eigenvalue weighted by atomic mass is 10.1. The monoisotopic (exact) mass is 251 g/mol. The zero-order valence-corrected chi connectivity index (χ0v) is 11.1. The van der Waals surface area contributed by atoms with E-state index in [1.54, 1.807) is 12.1 Å². The number of rotatable bonds is 7. The lowest BCUT2D eigenvalue weighted by molar-refractivity contribution is 0.0314. The van der Waals surface area contributed by atoms with Gasteiger partial charge < -0.3 is 15.2 Å². The standard InChI is InChI=1S/C14H21NO3/c1-3-4-5-17-6-7-18-14(16)12-8-11(2)9-13(15)10-12/h8-10H,3-7,15H2,1-2H3. The van der Waals surface area contributed by atoms with Crippen LogP contribution in [-0.4, -0.2) is 25.8 Å². The van der Waals surface area contributed by atoms with E-state index >= 15 is 0 Å². The zero-order chi connectivity index (χ0) is 13.4. The minimum absolute atomic E-state index is 0.274. The summed E-state index contributed by atoms with van der Waals surface area (Å²) in [6, 6.07) is 5.19. The molecule has 18 heavy (non-hydrogen) atoms. The van der Waals surface area contributed by atoms with E-state index < -0.39 is 0 Å². The van der Waals surface area contributed by atoms with E-state index in [2.05, 4.69) is 6.92 Å². The number of hydrogen-bond donors (Lipinski definition) is 1. The molecule has 0 aliphatic carbocycles. The van der Waals surface area contributed by atoms with Crippen molar-refractivity contribution in [2.75, 3.05) is 25.6 Å². The fraction of sp³-hybridized carbons (Fsp3) is 0.500. The number of esters is 1. The van der Waals surface area contributed by atoms with Crippen LogP contribution in [0.25, 0.3) is 0 Å². The van der Waals surface area contributed by atoms with E-state index in [-0.39, 0.29) is 12.6 Å². The van der Waals surface area contributed by atoms with Gasteiger partial charge in [0.15, 0.2) is 0 Å². The van der Waals surface area contributed by atoms with Crippen LogP contribution in [0.1, 0.15) is 35.7 Å². The molecule has 0 aliphatic heterocycles. The first kappa shape index (κ1) is 14.5. The molecule has 0 aliphatic rings. The summed E-state index contributed by atoms with van der Waals surface area (Å²) in [6.07, 6.45) is 2.13. The van der Waals surface area contributed by atoms with Crippen molar-refractivity contribution in [1.29, 1.82) is 0 Å². The van der Waals surface area contributed by atoms with Gasteiger partial charge >= 0.3 is 5.97 Å². The van der Waals surface area contributed by atoms with Crippen molar-refractivity contribution in [3.05, 3.63) is 29.3 Å². The normalized spacial score (nSPS) is 10.3. The summed E-state index contributed by atoms with van der Waals surface area (Å²) in [5.41, 5.74) is 7.68. The maximum Gasteiger partial charge on any atom is 0.338 e. The summed E-state index contributed by atoms with van der Waals surface area (Å²) in [5.74, 6) is -0.357. The van der Waals surface area contributed by atoms with Crippen molar-refractivity contribution >= 4 is 11.7 Å². The second-order valence-corrected chi connectivity index (χ2v) is 4.23. The molecule has 0 unspecified atom stereocenters. The lowest BCUT2D eigenvalue weighted by Gasteiger charge is -2.07. The predicted molar refractivity (Wildman–Crippen MR) is 71.6 cm³/mol. The van der Waals surface area contributed by atoms with Gasteiger partial charge in [-0.25, -0.2) is 4.79 Å². The second kappa shape index (κ2) is 7.71. The molecule has 0 spiro atoms. The third-order valence-corrected chi connectivity index (χ3v) is 2.44. The number of carbonyl (C=O) groups excluding carboxylic acids is 1. The molecule has 0 radical (unpaired) electrons. The lowest BCUT2D eigenvalue weighted by Crippen LogP contribution is -2.11. The Morgan fingerprint density at radius 3 is 2.67 bits per heavy atom. The van der Waals surface area contributed by atoms with Crippen LogP contribution in [0, 0.1) is 6.92 Å². The van der Waals surface area contributed by atoms with Crippen molar-refractivity contribution in [2.24, 2.45) is 0 Å². The number of anilines is 1. The highest BCUT2D eigenvalue weighted by molar-refractivity contribution is 5.90. The fourth-order valence-electron chi connectivity index (χ4n) is 1.56. The smallest absolute Gasteiger partial charge is 0.338 e. The Kier molecular flexibility index (Phi) is 6.22. The van der Waals surface area contributed by atoms with E-state index in [1.165, 1.54) is 0 Å². The number of hydrogen-bond acceptors (Lipinski definition) is 4. The van der Waals surface area contributed by atoms with E-state index in [0.29, 0.717) is 24.5 Å². The first-order valence-corrected chi connectivity index (χ1v) is 6.25. The highest BCUT2D eigenvalue weighted by atomic mass is 16.6. The molecule has 0 fully saturated rings. The van der Waals surface area contributed by atoms with Crippen LogP contribution in [0.3, 0.4) is 0 Å². The van der Waals surface area contributed by atoms with Gasteiger partial charge in [0, 0.05) is 12.3 Å². The Bertz CT molecular complexity index is 370. The molecule has 0 atom stereocenters. The van der Waals surface area contributed by atoms with Gasteiger partial charge in [0.05, 0.1) is 12.2 Å². The maximum atomic E-state index is 11.7. The Morgan fingerprint density at radius 1 is 1.22 bits per heavy atom. The Morgan fingerprint density at radius 2 is 2.00 bits per heavy atom. The van der Waals surface area contributed by atoms with Crippen LogP contribution in [0.5, 0.6) is 0 Å². The third kappa shape index (κ3) is 5.19. The van der Waals surface area contributed by atoms with Crippen LogP contribution < -0.4 is 5.73 Å². The summed E-state index contributed by atoms with van der Waals surface area (Å²) >= 11 is 0. The van der Waals surface area contributed by atoms with Crippen LogP contribution in [0.2, 0.25) is 0 Å². The van der Waals surface area contributed by atoms with E-state index in [0.717, 1.165) is 18.4 Å². The molecule has 0 saturated heterocycles. The fourth-order valence-corrected chi connectivity index (χ4v) is 1.56. The molecule has 0 saturated carbocycles. The number of carbonyl (C=O) groups is 1. The summed E-state index contributed by atoms with van der Waals surface area (Å²) < 4.78 is 10.4. The van der Waals surface area contributed by atoms with Gasteiger partial charge in [0.25, 0.3) is 0 Å². The summed E-state index contributed by atoms with van der Waals surface area (Å²) in [4.78, 5) is 11.7. The molecule has 0 bridgehead atoms. The number of ether oxygens (including phenoxy) is 2. The summed E-state index contributed by atoms with van der Waals surface area (Å²) in [6.45, 7) is 5.42. The molecule has 100 valence electrons. The molecule has 1 aromatic rings. The molecular formula is C14H21NO3. The van der Waals surface area contributed by atoms with Crippen LogP contribution in [0.4, 0.5) is 5.69 Å². The van der Waals surface area contributed by atoms with E-state index in [9.17, 15) is 4.79 Å².